The van der Waals surface area contributed by atoms with Gasteiger partial charge in [0.1, 0.15) is 5.69 Å². The van der Waals surface area contributed by atoms with Crippen LogP contribution in [0, 0.1) is 5.92 Å². The Labute approximate surface area is 84.3 Å². The van der Waals surface area contributed by atoms with Crippen LogP contribution in [0.2, 0.25) is 0 Å². The van der Waals surface area contributed by atoms with E-state index < -0.39 is 6.04 Å². The molecule has 0 bridgehead atoms. The molecule has 0 spiro atoms. The average molecular weight is 192 g/mol. The van der Waals surface area contributed by atoms with Crippen LogP contribution < -0.4 is 5.73 Å². The molecule has 3 nitrogen and oxygen atoms in total. The number of carbonyl (C=O) groups is 1. The number of carbonyl (C=O) groups excluding carboxylic acids is 1. The third-order valence-corrected chi connectivity index (χ3v) is 1.98. The quantitative estimate of drug-likeness (QED) is 0.738. The van der Waals surface area contributed by atoms with Crippen molar-refractivity contribution in [2.24, 2.45) is 11.7 Å². The molecule has 1 aromatic rings. The van der Waals surface area contributed by atoms with Gasteiger partial charge in [0.15, 0.2) is 5.78 Å². The van der Waals surface area contributed by atoms with Gasteiger partial charge in [-0.1, -0.05) is 19.9 Å². The molecule has 14 heavy (non-hydrogen) atoms. The Bertz CT molecular complexity index is 295. The number of nitrogens with zero attached hydrogens (tertiary/aromatic N) is 1. The van der Waals surface area contributed by atoms with Crippen molar-refractivity contribution in [3.63, 3.8) is 0 Å². The molecule has 1 unspecified atom stereocenters. The molecule has 0 aromatic carbocycles. The van der Waals surface area contributed by atoms with Gasteiger partial charge in [-0.15, -0.1) is 0 Å². The van der Waals surface area contributed by atoms with Crippen molar-refractivity contribution in [1.29, 1.82) is 0 Å². The zero-order valence-electron chi connectivity index (χ0n) is 8.60. The molecule has 1 rings (SSSR count). The smallest absolute Gasteiger partial charge is 0.197 e. The Morgan fingerprint density at radius 1 is 1.50 bits per heavy atom. The highest BCUT2D eigenvalue weighted by molar-refractivity contribution is 5.98. The highest BCUT2D eigenvalue weighted by atomic mass is 16.1. The van der Waals surface area contributed by atoms with Gasteiger partial charge >= 0.3 is 0 Å². The summed E-state index contributed by atoms with van der Waals surface area (Å²) in [6, 6.07) is 4.85. The van der Waals surface area contributed by atoms with Crippen LogP contribution in [-0.4, -0.2) is 16.8 Å². The minimum absolute atomic E-state index is 0.0701. The van der Waals surface area contributed by atoms with Crippen LogP contribution in [0.5, 0.6) is 0 Å². The molecule has 1 aromatic heterocycles. The summed E-state index contributed by atoms with van der Waals surface area (Å²) in [5, 5.41) is 0. The van der Waals surface area contributed by atoms with Gasteiger partial charge in [-0.3, -0.25) is 9.78 Å². The summed E-state index contributed by atoms with van der Waals surface area (Å²) in [5.41, 5.74) is 6.22. The van der Waals surface area contributed by atoms with Crippen molar-refractivity contribution in [1.82, 2.24) is 4.98 Å². The van der Waals surface area contributed by atoms with Crippen LogP contribution in [0.1, 0.15) is 30.8 Å². The maximum absolute atomic E-state index is 11.7. The highest BCUT2D eigenvalue weighted by Gasteiger charge is 2.17. The fourth-order valence-corrected chi connectivity index (χ4v) is 1.31. The van der Waals surface area contributed by atoms with Crippen molar-refractivity contribution < 1.29 is 4.79 Å². The number of rotatable bonds is 4. The van der Waals surface area contributed by atoms with Crippen LogP contribution in [0.15, 0.2) is 24.4 Å². The second-order valence-electron chi connectivity index (χ2n) is 3.82. The van der Waals surface area contributed by atoms with E-state index in [0.717, 1.165) is 0 Å². The number of hydrogen-bond donors (Lipinski definition) is 1. The van der Waals surface area contributed by atoms with Gasteiger partial charge in [0, 0.05) is 6.20 Å². The summed E-state index contributed by atoms with van der Waals surface area (Å²) >= 11 is 0. The average Bonchev–Trinajstić information content (AvgIpc) is 2.17. The van der Waals surface area contributed by atoms with Crippen molar-refractivity contribution in [3.05, 3.63) is 30.1 Å². The predicted molar refractivity (Wildman–Crippen MR) is 56.0 cm³/mol. The number of nitrogens with two attached hydrogens (primary N) is 1. The number of Topliss-reactive ketones (excluding diaryl/α,β-unsaturated/α-hetero) is 1. The molecule has 1 atom stereocenters. The molecular weight excluding hydrogens is 176 g/mol. The Morgan fingerprint density at radius 3 is 2.71 bits per heavy atom. The number of aromatic nitrogens is 1. The molecule has 0 aliphatic carbocycles. The standard InChI is InChI=1S/C11H16N2O/c1-8(2)7-9(12)11(14)10-5-3-4-6-13-10/h3-6,8-9H,7,12H2,1-2H3. The molecule has 76 valence electrons. The van der Waals surface area contributed by atoms with E-state index in [-0.39, 0.29) is 5.78 Å². The monoisotopic (exact) mass is 192 g/mol. The number of ketones is 1. The normalized spacial score (nSPS) is 12.9. The lowest BCUT2D eigenvalue weighted by Crippen LogP contribution is -2.32. The van der Waals surface area contributed by atoms with E-state index in [1.165, 1.54) is 0 Å². The molecule has 0 saturated carbocycles. The van der Waals surface area contributed by atoms with Gasteiger partial charge in [0.25, 0.3) is 0 Å². The van der Waals surface area contributed by atoms with E-state index in [2.05, 4.69) is 4.98 Å². The van der Waals surface area contributed by atoms with E-state index in [0.29, 0.717) is 18.0 Å². The zero-order chi connectivity index (χ0) is 10.6. The minimum Gasteiger partial charge on any atom is -0.321 e. The van der Waals surface area contributed by atoms with Gasteiger partial charge in [0.2, 0.25) is 0 Å². The second kappa shape index (κ2) is 4.86. The maximum atomic E-state index is 11.7. The van der Waals surface area contributed by atoms with E-state index in [4.69, 9.17) is 5.73 Å². The molecule has 2 N–H and O–H groups in total. The summed E-state index contributed by atoms with van der Waals surface area (Å²) in [5.74, 6) is 0.358. The second-order valence-corrected chi connectivity index (χ2v) is 3.82. The molecule has 0 fully saturated rings. The van der Waals surface area contributed by atoms with E-state index in [1.54, 1.807) is 24.4 Å². The Hall–Kier alpha value is -1.22. The molecule has 0 radical (unpaired) electrons. The lowest BCUT2D eigenvalue weighted by atomic mass is 9.99. The van der Waals surface area contributed by atoms with Crippen LogP contribution >= 0.6 is 0 Å². The Kier molecular flexibility index (Phi) is 3.77. The fraction of sp³-hybridized carbons (Fsp3) is 0.455. The third kappa shape index (κ3) is 2.92. The first-order valence-corrected chi connectivity index (χ1v) is 4.82. The van der Waals surface area contributed by atoms with Crippen molar-refractivity contribution in [2.45, 2.75) is 26.3 Å². The highest BCUT2D eigenvalue weighted by Crippen LogP contribution is 2.07. The predicted octanol–water partition coefficient (Wildman–Crippen LogP) is 1.64. The van der Waals surface area contributed by atoms with Crippen molar-refractivity contribution in [2.75, 3.05) is 0 Å². The SMILES string of the molecule is CC(C)CC(N)C(=O)c1ccccn1. The molecule has 3 heteroatoms. The molecule has 1 heterocycles. The summed E-state index contributed by atoms with van der Waals surface area (Å²) in [4.78, 5) is 15.7. The van der Waals surface area contributed by atoms with Crippen molar-refractivity contribution >= 4 is 5.78 Å². The van der Waals surface area contributed by atoms with E-state index in [9.17, 15) is 4.79 Å². The van der Waals surface area contributed by atoms with Crippen LogP contribution in [0.25, 0.3) is 0 Å². The summed E-state index contributed by atoms with van der Waals surface area (Å²) < 4.78 is 0. The summed E-state index contributed by atoms with van der Waals surface area (Å²) in [6.07, 6.45) is 2.31. The topological polar surface area (TPSA) is 56.0 Å². The molecular formula is C11H16N2O. The summed E-state index contributed by atoms with van der Waals surface area (Å²) in [6.45, 7) is 4.09. The molecule has 0 saturated heterocycles. The van der Waals surface area contributed by atoms with Crippen molar-refractivity contribution in [3.8, 4) is 0 Å². The van der Waals surface area contributed by atoms with Crippen LogP contribution in [0.4, 0.5) is 0 Å². The Morgan fingerprint density at radius 2 is 2.21 bits per heavy atom. The fourth-order valence-electron chi connectivity index (χ4n) is 1.31. The molecule has 0 amide bonds. The minimum atomic E-state index is -0.426. The van der Waals surface area contributed by atoms with Gasteiger partial charge in [0.05, 0.1) is 6.04 Å². The summed E-state index contributed by atoms with van der Waals surface area (Å²) in [7, 11) is 0. The Balaban J connectivity index is 2.66. The van der Waals surface area contributed by atoms with Gasteiger partial charge in [-0.05, 0) is 24.5 Å². The first-order valence-electron chi connectivity index (χ1n) is 4.82. The number of hydrogen-bond acceptors (Lipinski definition) is 3. The molecule has 0 aliphatic heterocycles. The van der Waals surface area contributed by atoms with Gasteiger partial charge < -0.3 is 5.73 Å². The lowest BCUT2D eigenvalue weighted by Gasteiger charge is -2.11. The lowest BCUT2D eigenvalue weighted by molar-refractivity contribution is 0.0946. The first kappa shape index (κ1) is 10.9. The van der Waals surface area contributed by atoms with Gasteiger partial charge in [-0.2, -0.15) is 0 Å². The first-order chi connectivity index (χ1) is 6.61. The van der Waals surface area contributed by atoms with Crippen LogP contribution in [-0.2, 0) is 0 Å². The van der Waals surface area contributed by atoms with E-state index in [1.807, 2.05) is 13.8 Å². The van der Waals surface area contributed by atoms with E-state index >= 15 is 0 Å². The number of pyridine rings is 1. The largest absolute Gasteiger partial charge is 0.321 e. The zero-order valence-corrected chi connectivity index (χ0v) is 8.60. The molecule has 0 aliphatic rings. The van der Waals surface area contributed by atoms with Gasteiger partial charge in [-0.25, -0.2) is 0 Å². The van der Waals surface area contributed by atoms with Crippen LogP contribution in [0.3, 0.4) is 0 Å². The maximum Gasteiger partial charge on any atom is 0.197 e. The third-order valence-electron chi connectivity index (χ3n) is 1.98.